The van der Waals surface area contributed by atoms with Crippen LogP contribution in [0.3, 0.4) is 0 Å². The average molecular weight is 309 g/mol. The van der Waals surface area contributed by atoms with E-state index >= 15 is 0 Å². The van der Waals surface area contributed by atoms with Crippen LogP contribution >= 0.6 is 0 Å². The Kier molecular flexibility index (Phi) is 6.78. The number of rotatable bonds is 8. The fraction of sp³-hybridized carbons (Fsp3) is 0.533. The third kappa shape index (κ3) is 5.69. The van der Waals surface area contributed by atoms with Crippen LogP contribution in [0.15, 0.2) is 24.3 Å². The fourth-order valence-corrected chi connectivity index (χ4v) is 2.16. The van der Waals surface area contributed by atoms with Gasteiger partial charge in [0.2, 0.25) is 5.91 Å². The standard InChI is InChI=1S/C15H23N3O4/c1-11(2)8-12(19)9-16-15(20)10-17(3)13-6-4-5-7-14(13)18(21)22/h4-7,11-12,19H,8-10H2,1-3H3,(H,16,20). The summed E-state index contributed by atoms with van der Waals surface area (Å²) in [4.78, 5) is 23.9. The SMILES string of the molecule is CC(C)CC(O)CNC(=O)CN(C)c1ccccc1[N+](=O)[O-]. The van der Waals surface area contributed by atoms with Gasteiger partial charge in [0.05, 0.1) is 17.6 Å². The van der Waals surface area contributed by atoms with Crippen LogP contribution in [-0.4, -0.2) is 42.2 Å². The number of benzene rings is 1. The molecule has 7 heteroatoms. The second kappa shape index (κ2) is 8.33. The van der Waals surface area contributed by atoms with Crippen LogP contribution in [0.5, 0.6) is 0 Å². The molecule has 0 fully saturated rings. The molecule has 0 aliphatic rings. The lowest BCUT2D eigenvalue weighted by Crippen LogP contribution is -2.39. The van der Waals surface area contributed by atoms with Crippen molar-refractivity contribution in [2.75, 3.05) is 25.0 Å². The number of hydrogen-bond acceptors (Lipinski definition) is 5. The highest BCUT2D eigenvalue weighted by atomic mass is 16.6. The first kappa shape index (κ1) is 17.9. The Bertz CT molecular complexity index is 519. The summed E-state index contributed by atoms with van der Waals surface area (Å²) >= 11 is 0. The lowest BCUT2D eigenvalue weighted by molar-refractivity contribution is -0.384. The van der Waals surface area contributed by atoms with Crippen LogP contribution in [0.1, 0.15) is 20.3 Å². The molecule has 0 aliphatic heterocycles. The maximum Gasteiger partial charge on any atom is 0.292 e. The van der Waals surface area contributed by atoms with Gasteiger partial charge in [0, 0.05) is 19.7 Å². The Hall–Kier alpha value is -2.15. The van der Waals surface area contributed by atoms with E-state index in [1.807, 2.05) is 13.8 Å². The summed E-state index contributed by atoms with van der Waals surface area (Å²) in [7, 11) is 1.62. The zero-order valence-electron chi connectivity index (χ0n) is 13.2. The van der Waals surface area contributed by atoms with Crippen molar-refractivity contribution in [2.45, 2.75) is 26.4 Å². The monoisotopic (exact) mass is 309 g/mol. The lowest BCUT2D eigenvalue weighted by atomic mass is 10.1. The Labute approximate surface area is 130 Å². The highest BCUT2D eigenvalue weighted by Gasteiger charge is 2.18. The number of aliphatic hydroxyl groups excluding tert-OH is 1. The number of nitrogens with zero attached hydrogens (tertiary/aromatic N) is 2. The Morgan fingerprint density at radius 1 is 1.41 bits per heavy atom. The molecule has 0 heterocycles. The third-order valence-electron chi connectivity index (χ3n) is 3.15. The number of nitro benzene ring substituents is 1. The lowest BCUT2D eigenvalue weighted by Gasteiger charge is -2.19. The summed E-state index contributed by atoms with van der Waals surface area (Å²) in [6, 6.07) is 6.26. The molecule has 1 rings (SSSR count). The van der Waals surface area contributed by atoms with E-state index in [1.165, 1.54) is 11.0 Å². The highest BCUT2D eigenvalue weighted by Crippen LogP contribution is 2.26. The molecule has 2 N–H and O–H groups in total. The van der Waals surface area contributed by atoms with E-state index in [2.05, 4.69) is 5.32 Å². The molecule has 22 heavy (non-hydrogen) atoms. The smallest absolute Gasteiger partial charge is 0.292 e. The number of nitro groups is 1. The van der Waals surface area contributed by atoms with Gasteiger partial charge in [-0.3, -0.25) is 14.9 Å². The molecular formula is C15H23N3O4. The number of amides is 1. The minimum absolute atomic E-state index is 0.0146. The molecule has 0 radical (unpaired) electrons. The zero-order valence-corrected chi connectivity index (χ0v) is 13.2. The molecule has 0 spiro atoms. The molecule has 0 bridgehead atoms. The topological polar surface area (TPSA) is 95.7 Å². The molecule has 0 saturated heterocycles. The number of carbonyl (C=O) groups excluding carboxylic acids is 1. The number of para-hydroxylation sites is 2. The highest BCUT2D eigenvalue weighted by molar-refractivity contribution is 5.82. The molecule has 0 aliphatic carbocycles. The Balaban J connectivity index is 2.56. The van der Waals surface area contributed by atoms with Crippen molar-refractivity contribution < 1.29 is 14.8 Å². The van der Waals surface area contributed by atoms with Gasteiger partial charge in [-0.15, -0.1) is 0 Å². The van der Waals surface area contributed by atoms with Gasteiger partial charge in [-0.05, 0) is 18.4 Å². The summed E-state index contributed by atoms with van der Waals surface area (Å²) < 4.78 is 0. The van der Waals surface area contributed by atoms with E-state index in [9.17, 15) is 20.0 Å². The van der Waals surface area contributed by atoms with Crippen molar-refractivity contribution in [3.05, 3.63) is 34.4 Å². The van der Waals surface area contributed by atoms with Crippen molar-refractivity contribution in [3.8, 4) is 0 Å². The minimum atomic E-state index is -0.583. The first-order valence-corrected chi connectivity index (χ1v) is 7.20. The van der Waals surface area contributed by atoms with Gasteiger partial charge in [0.15, 0.2) is 0 Å². The van der Waals surface area contributed by atoms with Gasteiger partial charge in [-0.25, -0.2) is 0 Å². The van der Waals surface area contributed by atoms with E-state index in [0.717, 1.165) is 0 Å². The first-order valence-electron chi connectivity index (χ1n) is 7.20. The molecule has 1 amide bonds. The van der Waals surface area contributed by atoms with E-state index in [1.54, 1.807) is 25.2 Å². The first-order chi connectivity index (χ1) is 10.3. The van der Waals surface area contributed by atoms with Crippen molar-refractivity contribution in [1.29, 1.82) is 0 Å². The van der Waals surface area contributed by atoms with E-state index in [4.69, 9.17) is 0 Å². The fourth-order valence-electron chi connectivity index (χ4n) is 2.16. The van der Waals surface area contributed by atoms with Crippen molar-refractivity contribution in [3.63, 3.8) is 0 Å². The van der Waals surface area contributed by atoms with Crippen molar-refractivity contribution in [2.24, 2.45) is 5.92 Å². The Morgan fingerprint density at radius 3 is 2.64 bits per heavy atom. The van der Waals surface area contributed by atoms with Crippen LogP contribution in [-0.2, 0) is 4.79 Å². The summed E-state index contributed by atoms with van der Waals surface area (Å²) in [5, 5.41) is 23.3. The molecule has 0 aromatic heterocycles. The van der Waals surface area contributed by atoms with Crippen LogP contribution in [0.25, 0.3) is 0 Å². The molecule has 1 unspecified atom stereocenters. The number of anilines is 1. The van der Waals surface area contributed by atoms with Crippen molar-refractivity contribution in [1.82, 2.24) is 5.32 Å². The minimum Gasteiger partial charge on any atom is -0.391 e. The molecule has 1 atom stereocenters. The van der Waals surface area contributed by atoms with Gasteiger partial charge in [0.1, 0.15) is 5.69 Å². The average Bonchev–Trinajstić information content (AvgIpc) is 2.44. The molecule has 1 aromatic rings. The predicted molar refractivity (Wildman–Crippen MR) is 84.8 cm³/mol. The molecule has 122 valence electrons. The summed E-state index contributed by atoms with van der Waals surface area (Å²) in [6.07, 6.45) is 0.0283. The summed E-state index contributed by atoms with van der Waals surface area (Å²) in [5.41, 5.74) is 0.336. The molecular weight excluding hydrogens is 286 g/mol. The van der Waals surface area contributed by atoms with Gasteiger partial charge >= 0.3 is 0 Å². The van der Waals surface area contributed by atoms with E-state index in [0.29, 0.717) is 18.0 Å². The van der Waals surface area contributed by atoms with Gasteiger partial charge < -0.3 is 15.3 Å². The second-order valence-corrected chi connectivity index (χ2v) is 5.69. The zero-order chi connectivity index (χ0) is 16.7. The maximum absolute atomic E-state index is 11.9. The largest absolute Gasteiger partial charge is 0.391 e. The number of carbonyl (C=O) groups is 1. The third-order valence-corrected chi connectivity index (χ3v) is 3.15. The van der Waals surface area contributed by atoms with Gasteiger partial charge in [-0.2, -0.15) is 0 Å². The number of likely N-dealkylation sites (N-methyl/N-ethyl adjacent to an activating group) is 1. The molecule has 7 nitrogen and oxygen atoms in total. The van der Waals surface area contributed by atoms with Crippen LogP contribution in [0.4, 0.5) is 11.4 Å². The van der Waals surface area contributed by atoms with Crippen molar-refractivity contribution >= 4 is 17.3 Å². The van der Waals surface area contributed by atoms with Crippen LogP contribution < -0.4 is 10.2 Å². The van der Waals surface area contributed by atoms with Crippen LogP contribution in [0, 0.1) is 16.0 Å². The summed E-state index contributed by atoms with van der Waals surface area (Å²) in [5.74, 6) is 0.0602. The maximum atomic E-state index is 11.9. The molecule has 1 aromatic carbocycles. The van der Waals surface area contributed by atoms with Gasteiger partial charge in [0.25, 0.3) is 5.69 Å². The second-order valence-electron chi connectivity index (χ2n) is 5.69. The normalized spacial score (nSPS) is 12.0. The van der Waals surface area contributed by atoms with E-state index in [-0.39, 0.29) is 24.7 Å². The summed E-state index contributed by atoms with van der Waals surface area (Å²) in [6.45, 7) is 4.15. The number of hydrogen-bond donors (Lipinski definition) is 2. The quantitative estimate of drug-likeness (QED) is 0.561. The molecule has 0 saturated carbocycles. The number of aliphatic hydroxyl groups is 1. The van der Waals surface area contributed by atoms with Gasteiger partial charge in [-0.1, -0.05) is 26.0 Å². The predicted octanol–water partition coefficient (Wildman–Crippen LogP) is 1.55. The van der Waals surface area contributed by atoms with E-state index < -0.39 is 11.0 Å². The number of nitrogens with one attached hydrogen (secondary N) is 1. The van der Waals surface area contributed by atoms with Crippen LogP contribution in [0.2, 0.25) is 0 Å². The Morgan fingerprint density at radius 2 is 2.05 bits per heavy atom.